The molecule has 0 radical (unpaired) electrons. The van der Waals surface area contributed by atoms with Crippen LogP contribution in [0.25, 0.3) is 6.08 Å². The maximum atomic E-state index is 11.9. The zero-order chi connectivity index (χ0) is 13.9. The van der Waals surface area contributed by atoms with E-state index >= 15 is 0 Å². The van der Waals surface area contributed by atoms with Crippen LogP contribution in [0.1, 0.15) is 47.1 Å². The Morgan fingerprint density at radius 3 is 2.39 bits per heavy atom. The summed E-state index contributed by atoms with van der Waals surface area (Å²) in [5.74, 6) is -1.54. The van der Waals surface area contributed by atoms with Crippen molar-refractivity contribution in [3.8, 4) is 0 Å². The van der Waals surface area contributed by atoms with Gasteiger partial charge in [0.15, 0.2) is 0 Å². The Morgan fingerprint density at radius 1 is 1.33 bits per heavy atom. The molecular formula is C14H16O4. The number of rotatable bonds is 3. The fraction of sp³-hybridized carbons (Fsp3) is 0.286. The number of carboxylic acid groups (broad SMARTS) is 1. The molecule has 18 heavy (non-hydrogen) atoms. The molecule has 1 N–H and O–H groups in total. The molecule has 0 aliphatic carbocycles. The van der Waals surface area contributed by atoms with Crippen LogP contribution in [0.3, 0.4) is 0 Å². The monoisotopic (exact) mass is 248 g/mol. The first-order chi connectivity index (χ1) is 8.24. The third-order valence-corrected chi connectivity index (χ3v) is 2.14. The Hall–Kier alpha value is -2.10. The summed E-state index contributed by atoms with van der Waals surface area (Å²) in [4.78, 5) is 22.7. The van der Waals surface area contributed by atoms with Gasteiger partial charge in [-0.25, -0.2) is 9.59 Å². The Bertz CT molecular complexity index is 495. The second-order valence-corrected chi connectivity index (χ2v) is 4.81. The van der Waals surface area contributed by atoms with Gasteiger partial charge in [0.2, 0.25) is 0 Å². The Kier molecular flexibility index (Phi) is 3.91. The van der Waals surface area contributed by atoms with E-state index in [1.165, 1.54) is 24.3 Å². The van der Waals surface area contributed by atoms with Crippen molar-refractivity contribution in [3.63, 3.8) is 0 Å². The van der Waals surface area contributed by atoms with Crippen LogP contribution in [-0.2, 0) is 4.74 Å². The molecule has 0 unspecified atom stereocenters. The number of benzene rings is 1. The lowest BCUT2D eigenvalue weighted by Crippen LogP contribution is -2.24. The summed E-state index contributed by atoms with van der Waals surface area (Å²) in [7, 11) is 0. The molecule has 0 aliphatic heterocycles. The second-order valence-electron chi connectivity index (χ2n) is 4.81. The van der Waals surface area contributed by atoms with Gasteiger partial charge in [0.1, 0.15) is 5.60 Å². The maximum absolute atomic E-state index is 11.9. The number of hydrogen-bond donors (Lipinski definition) is 1. The van der Waals surface area contributed by atoms with Crippen LogP contribution in [-0.4, -0.2) is 22.6 Å². The summed E-state index contributed by atoms with van der Waals surface area (Å²) in [6.07, 6.45) is 1.44. The van der Waals surface area contributed by atoms with E-state index < -0.39 is 17.5 Å². The minimum atomic E-state index is -1.05. The van der Waals surface area contributed by atoms with Crippen LogP contribution in [0, 0.1) is 0 Å². The summed E-state index contributed by atoms with van der Waals surface area (Å²) in [6.45, 7) is 8.87. The van der Waals surface area contributed by atoms with Crippen molar-refractivity contribution in [2.45, 2.75) is 26.4 Å². The number of carbonyl (C=O) groups is 2. The van der Waals surface area contributed by atoms with Crippen molar-refractivity contribution in [2.75, 3.05) is 0 Å². The number of carboxylic acids is 1. The Labute approximate surface area is 106 Å². The van der Waals surface area contributed by atoms with Crippen LogP contribution in [0.5, 0.6) is 0 Å². The first-order valence-electron chi connectivity index (χ1n) is 5.48. The van der Waals surface area contributed by atoms with Gasteiger partial charge in [-0.15, -0.1) is 0 Å². The predicted molar refractivity (Wildman–Crippen MR) is 68.7 cm³/mol. The quantitative estimate of drug-likeness (QED) is 0.835. The van der Waals surface area contributed by atoms with E-state index in [4.69, 9.17) is 9.84 Å². The Morgan fingerprint density at radius 2 is 1.94 bits per heavy atom. The first-order valence-corrected chi connectivity index (χ1v) is 5.48. The standard InChI is InChI=1S/C14H16O4/c1-5-9-8-10(12(15)16)6-7-11(9)13(17)18-14(2,3)4/h5-8H,1H2,2-4H3,(H,15,16). The lowest BCUT2D eigenvalue weighted by molar-refractivity contribution is 0.00689. The predicted octanol–water partition coefficient (Wildman–Crippen LogP) is 2.98. The Balaban J connectivity index is 3.14. The first kappa shape index (κ1) is 14.0. The zero-order valence-electron chi connectivity index (χ0n) is 10.7. The van der Waals surface area contributed by atoms with Gasteiger partial charge in [0.25, 0.3) is 0 Å². The van der Waals surface area contributed by atoms with Crippen LogP contribution in [0.4, 0.5) is 0 Å². The molecule has 0 spiro atoms. The van der Waals surface area contributed by atoms with E-state index in [0.717, 1.165) is 0 Å². The molecule has 0 aromatic heterocycles. The second kappa shape index (κ2) is 5.04. The molecule has 1 rings (SSSR count). The van der Waals surface area contributed by atoms with Crippen molar-refractivity contribution >= 4 is 18.0 Å². The largest absolute Gasteiger partial charge is 0.478 e. The van der Waals surface area contributed by atoms with Crippen molar-refractivity contribution in [2.24, 2.45) is 0 Å². The summed E-state index contributed by atoms with van der Waals surface area (Å²) in [6, 6.07) is 4.21. The average molecular weight is 248 g/mol. The SMILES string of the molecule is C=Cc1cc(C(=O)O)ccc1C(=O)OC(C)(C)C. The molecule has 1 aromatic carbocycles. The molecule has 0 amide bonds. The molecule has 0 bridgehead atoms. The molecule has 4 heteroatoms. The fourth-order valence-electron chi connectivity index (χ4n) is 1.38. The smallest absolute Gasteiger partial charge is 0.339 e. The molecule has 4 nitrogen and oxygen atoms in total. The molecule has 0 aliphatic rings. The van der Waals surface area contributed by atoms with Gasteiger partial charge < -0.3 is 9.84 Å². The lowest BCUT2D eigenvalue weighted by Gasteiger charge is -2.20. The van der Waals surface area contributed by atoms with Crippen molar-refractivity contribution in [1.82, 2.24) is 0 Å². The number of ether oxygens (including phenoxy) is 1. The van der Waals surface area contributed by atoms with Crippen LogP contribution >= 0.6 is 0 Å². The highest BCUT2D eigenvalue weighted by molar-refractivity contribution is 5.96. The van der Waals surface area contributed by atoms with Gasteiger partial charge in [0.05, 0.1) is 11.1 Å². The van der Waals surface area contributed by atoms with E-state index in [1.807, 2.05) is 0 Å². The minimum Gasteiger partial charge on any atom is -0.478 e. The van der Waals surface area contributed by atoms with Crippen LogP contribution < -0.4 is 0 Å². The van der Waals surface area contributed by atoms with E-state index in [9.17, 15) is 9.59 Å². The van der Waals surface area contributed by atoms with Gasteiger partial charge in [-0.1, -0.05) is 12.7 Å². The van der Waals surface area contributed by atoms with E-state index in [0.29, 0.717) is 11.1 Å². The maximum Gasteiger partial charge on any atom is 0.339 e. The summed E-state index contributed by atoms with van der Waals surface area (Å²) in [5.41, 5.74) is 0.271. The molecule has 1 aromatic rings. The topological polar surface area (TPSA) is 63.6 Å². The summed E-state index contributed by atoms with van der Waals surface area (Å²) in [5, 5.41) is 8.87. The van der Waals surface area contributed by atoms with Crippen LogP contribution in [0.2, 0.25) is 0 Å². The molecule has 0 atom stereocenters. The van der Waals surface area contributed by atoms with Gasteiger partial charge >= 0.3 is 11.9 Å². The zero-order valence-corrected chi connectivity index (χ0v) is 10.7. The number of carbonyl (C=O) groups excluding carboxylic acids is 1. The van der Waals surface area contributed by atoms with Crippen molar-refractivity contribution in [3.05, 3.63) is 41.5 Å². The molecular weight excluding hydrogens is 232 g/mol. The highest BCUT2D eigenvalue weighted by atomic mass is 16.6. The average Bonchev–Trinajstić information content (AvgIpc) is 2.25. The fourth-order valence-corrected chi connectivity index (χ4v) is 1.38. The van der Waals surface area contributed by atoms with Crippen molar-refractivity contribution in [1.29, 1.82) is 0 Å². The lowest BCUT2D eigenvalue weighted by atomic mass is 10.0. The molecule has 0 fully saturated rings. The highest BCUT2D eigenvalue weighted by Gasteiger charge is 2.20. The highest BCUT2D eigenvalue weighted by Crippen LogP contribution is 2.18. The van der Waals surface area contributed by atoms with E-state index in [1.54, 1.807) is 20.8 Å². The number of hydrogen-bond acceptors (Lipinski definition) is 3. The summed E-state index contributed by atoms with van der Waals surface area (Å²) < 4.78 is 5.23. The third-order valence-electron chi connectivity index (χ3n) is 2.14. The number of esters is 1. The molecule has 0 saturated carbocycles. The summed E-state index contributed by atoms with van der Waals surface area (Å²) >= 11 is 0. The molecule has 96 valence electrons. The van der Waals surface area contributed by atoms with Gasteiger partial charge in [-0.05, 0) is 44.5 Å². The van der Waals surface area contributed by atoms with Crippen molar-refractivity contribution < 1.29 is 19.4 Å². The van der Waals surface area contributed by atoms with Crippen LogP contribution in [0.15, 0.2) is 24.8 Å². The van der Waals surface area contributed by atoms with E-state index in [2.05, 4.69) is 6.58 Å². The third kappa shape index (κ3) is 3.45. The number of aromatic carboxylic acids is 1. The minimum absolute atomic E-state index is 0.109. The van der Waals surface area contributed by atoms with E-state index in [-0.39, 0.29) is 5.56 Å². The molecule has 0 saturated heterocycles. The van der Waals surface area contributed by atoms with Gasteiger partial charge in [-0.2, -0.15) is 0 Å². The van der Waals surface area contributed by atoms with Gasteiger partial charge in [-0.3, -0.25) is 0 Å². The molecule has 0 heterocycles. The van der Waals surface area contributed by atoms with Gasteiger partial charge in [0, 0.05) is 0 Å². The normalized spacial score (nSPS) is 10.8.